The number of fused-ring (bicyclic) bond motifs is 3. The number of hydrogen-bond donors (Lipinski definition) is 4. The minimum atomic E-state index is -0.710. The summed E-state index contributed by atoms with van der Waals surface area (Å²) in [6.45, 7) is 6.06. The zero-order chi connectivity index (χ0) is 41.2. The monoisotopic (exact) mass is 822 g/mol. The molecule has 4 N–H and O–H groups in total. The fraction of sp³-hybridized carbons (Fsp3) is 0.442. The summed E-state index contributed by atoms with van der Waals surface area (Å²) in [5.41, 5.74) is 5.68. The Morgan fingerprint density at radius 3 is 2.31 bits per heavy atom. The van der Waals surface area contributed by atoms with Gasteiger partial charge in [-0.15, -0.1) is 11.8 Å². The van der Waals surface area contributed by atoms with E-state index < -0.39 is 24.3 Å². The highest BCUT2D eigenvalue weighted by Gasteiger charge is 2.41. The minimum absolute atomic E-state index is 0.0297. The predicted molar refractivity (Wildman–Crippen MR) is 224 cm³/mol. The van der Waals surface area contributed by atoms with Crippen LogP contribution in [0.2, 0.25) is 0 Å². The van der Waals surface area contributed by atoms with Crippen LogP contribution in [0.1, 0.15) is 62.6 Å². The molecule has 3 fully saturated rings. The number of aromatic amines is 2. The lowest BCUT2D eigenvalue weighted by Gasteiger charge is -2.34. The van der Waals surface area contributed by atoms with Crippen LogP contribution >= 0.6 is 11.8 Å². The summed E-state index contributed by atoms with van der Waals surface area (Å²) < 4.78 is 15.2. The first-order valence-corrected chi connectivity index (χ1v) is 21.3. The summed E-state index contributed by atoms with van der Waals surface area (Å²) >= 11 is 1.65. The zero-order valence-electron chi connectivity index (χ0n) is 33.7. The highest BCUT2D eigenvalue weighted by atomic mass is 32.2. The van der Waals surface area contributed by atoms with Gasteiger partial charge in [0.25, 0.3) is 0 Å². The maximum Gasteiger partial charge on any atom is 0.407 e. The Hall–Kier alpha value is -5.61. The number of benzene rings is 3. The normalized spacial score (nSPS) is 19.6. The Bertz CT molecular complexity index is 2340. The van der Waals surface area contributed by atoms with Gasteiger partial charge in [-0.2, -0.15) is 0 Å². The SMILES string of the molecule is COC(=O)NC(C(=O)N1CCC[C@H]1c1ncc(-c2ccc(-c3ccc4c(ccc5nc([C@@H]6SCCN6C(=O)[C@@H](NC(=O)OC)C(C)C)[nH]c54)c3)cc2)[nH]1)C1CCOCC1. The van der Waals surface area contributed by atoms with Crippen molar-refractivity contribution in [2.24, 2.45) is 11.8 Å². The number of carbonyl (C=O) groups is 4. The van der Waals surface area contributed by atoms with Crippen LogP contribution in [0.25, 0.3) is 44.2 Å². The zero-order valence-corrected chi connectivity index (χ0v) is 34.5. The van der Waals surface area contributed by atoms with E-state index >= 15 is 0 Å². The molecule has 0 bridgehead atoms. The lowest BCUT2D eigenvalue weighted by atomic mass is 9.90. The molecule has 3 aromatic carbocycles. The number of hydrogen-bond acceptors (Lipinski definition) is 10. The van der Waals surface area contributed by atoms with E-state index in [0.29, 0.717) is 45.0 Å². The number of ether oxygens (including phenoxy) is 3. The molecule has 5 aromatic rings. The molecule has 4 atom stereocenters. The van der Waals surface area contributed by atoms with Gasteiger partial charge in [0.15, 0.2) is 0 Å². The van der Waals surface area contributed by atoms with Crippen molar-refractivity contribution < 1.29 is 33.4 Å². The van der Waals surface area contributed by atoms with Gasteiger partial charge in [-0.1, -0.05) is 56.3 Å². The molecule has 15 nitrogen and oxygen atoms in total. The van der Waals surface area contributed by atoms with Crippen LogP contribution in [0.5, 0.6) is 0 Å². The Labute approximate surface area is 346 Å². The number of alkyl carbamates (subject to hydrolysis) is 2. The number of nitrogens with one attached hydrogen (secondary N) is 4. The summed E-state index contributed by atoms with van der Waals surface area (Å²) in [5, 5.41) is 7.29. The van der Waals surface area contributed by atoms with E-state index in [4.69, 9.17) is 24.2 Å². The molecule has 4 amide bonds. The number of carbonyl (C=O) groups excluding carboxylic acids is 4. The molecule has 3 saturated heterocycles. The van der Waals surface area contributed by atoms with Gasteiger partial charge in [-0.25, -0.2) is 19.6 Å². The fourth-order valence-corrected chi connectivity index (χ4v) is 9.71. The van der Waals surface area contributed by atoms with E-state index in [2.05, 4.69) is 69.1 Å². The third kappa shape index (κ3) is 8.20. The highest BCUT2D eigenvalue weighted by Crippen LogP contribution is 2.40. The van der Waals surface area contributed by atoms with Crippen LogP contribution in [-0.4, -0.2) is 112 Å². The quantitative estimate of drug-likeness (QED) is 0.121. The molecule has 3 aliphatic rings. The molecule has 1 unspecified atom stereocenters. The van der Waals surface area contributed by atoms with E-state index in [-0.39, 0.29) is 35.1 Å². The van der Waals surface area contributed by atoms with Gasteiger partial charge < -0.3 is 44.6 Å². The van der Waals surface area contributed by atoms with Gasteiger partial charge in [-0.3, -0.25) is 9.59 Å². The second-order valence-electron chi connectivity index (χ2n) is 15.6. The molecule has 0 saturated carbocycles. The first-order valence-electron chi connectivity index (χ1n) is 20.2. The highest BCUT2D eigenvalue weighted by molar-refractivity contribution is 7.99. The van der Waals surface area contributed by atoms with Crippen molar-refractivity contribution in [3.8, 4) is 22.4 Å². The van der Waals surface area contributed by atoms with Gasteiger partial charge in [0.1, 0.15) is 29.1 Å². The van der Waals surface area contributed by atoms with E-state index in [1.807, 2.05) is 31.0 Å². The maximum absolute atomic E-state index is 14.0. The van der Waals surface area contributed by atoms with E-state index in [9.17, 15) is 19.2 Å². The third-order valence-corrected chi connectivity index (χ3v) is 12.9. The van der Waals surface area contributed by atoms with Crippen molar-refractivity contribution in [3.63, 3.8) is 0 Å². The summed E-state index contributed by atoms with van der Waals surface area (Å²) in [7, 11) is 2.60. The second-order valence-corrected chi connectivity index (χ2v) is 16.8. The largest absolute Gasteiger partial charge is 0.453 e. The molecule has 3 aliphatic heterocycles. The smallest absolute Gasteiger partial charge is 0.407 e. The van der Waals surface area contributed by atoms with Crippen molar-refractivity contribution in [1.82, 2.24) is 40.4 Å². The van der Waals surface area contributed by atoms with E-state index in [0.717, 1.165) is 68.6 Å². The summed E-state index contributed by atoms with van der Waals surface area (Å²) in [6, 6.07) is 17.1. The van der Waals surface area contributed by atoms with Crippen molar-refractivity contribution in [3.05, 3.63) is 72.4 Å². The van der Waals surface area contributed by atoms with Crippen LogP contribution in [-0.2, 0) is 23.8 Å². The molecule has 16 heteroatoms. The van der Waals surface area contributed by atoms with Gasteiger partial charge >= 0.3 is 12.2 Å². The van der Waals surface area contributed by atoms with Gasteiger partial charge in [0.05, 0.1) is 43.2 Å². The molecule has 310 valence electrons. The minimum Gasteiger partial charge on any atom is -0.453 e. The molecule has 2 aromatic heterocycles. The molecule has 5 heterocycles. The Morgan fingerprint density at radius 2 is 1.56 bits per heavy atom. The number of likely N-dealkylation sites (tertiary alicyclic amines) is 1. The van der Waals surface area contributed by atoms with Crippen molar-refractivity contribution >= 4 is 57.6 Å². The van der Waals surface area contributed by atoms with Crippen molar-refractivity contribution in [2.45, 2.75) is 63.0 Å². The summed E-state index contributed by atoms with van der Waals surface area (Å²) in [5.74, 6) is 1.76. The lowest BCUT2D eigenvalue weighted by Crippen LogP contribution is -2.53. The molecule has 0 spiro atoms. The molecule has 59 heavy (non-hydrogen) atoms. The average Bonchev–Trinajstić information content (AvgIpc) is 4.10. The Kier molecular flexibility index (Phi) is 11.8. The van der Waals surface area contributed by atoms with Crippen LogP contribution in [0.4, 0.5) is 9.59 Å². The Balaban J connectivity index is 0.974. The lowest BCUT2D eigenvalue weighted by molar-refractivity contribution is -0.137. The number of imidazole rings is 2. The average molecular weight is 823 g/mol. The number of thioether (sulfide) groups is 1. The number of aromatic nitrogens is 4. The number of methoxy groups -OCH3 is 2. The first kappa shape index (κ1) is 40.2. The molecular formula is C43H50N8O7S. The van der Waals surface area contributed by atoms with E-state index in [1.165, 1.54) is 14.2 Å². The molecular weight excluding hydrogens is 773 g/mol. The standard InChI is InChI=1S/C43H50N8O7S/c1-24(2)34(48-42(54)56-3)39(52)51-18-21-59-41(51)38-45-31-14-12-29-22-28(11-13-30(29)36(31)47-38)25-7-9-26(10-8-25)32-23-44-37(46-32)33-6-5-17-50(33)40(53)35(49-43(55)57-4)27-15-19-58-20-16-27/h7-14,22-24,27,33-35,41H,5-6,15-21H2,1-4H3,(H,44,46)(H,45,47)(H,48,54)(H,49,55)/t33-,34-,35?,41-/m0/s1. The Morgan fingerprint density at radius 1 is 0.831 bits per heavy atom. The number of rotatable bonds is 10. The number of H-pyrrole nitrogens is 2. The fourth-order valence-electron chi connectivity index (χ4n) is 8.53. The summed E-state index contributed by atoms with van der Waals surface area (Å²) in [4.78, 5) is 72.3. The van der Waals surface area contributed by atoms with Gasteiger partial charge in [0.2, 0.25) is 11.8 Å². The second kappa shape index (κ2) is 17.3. The van der Waals surface area contributed by atoms with Crippen LogP contribution in [0.15, 0.2) is 60.8 Å². The third-order valence-electron chi connectivity index (χ3n) is 11.7. The number of nitrogens with zero attached hydrogens (tertiary/aromatic N) is 4. The maximum atomic E-state index is 14.0. The predicted octanol–water partition coefficient (Wildman–Crippen LogP) is 6.54. The first-order chi connectivity index (χ1) is 28.6. The molecule has 0 aliphatic carbocycles. The van der Waals surface area contributed by atoms with Gasteiger partial charge in [-0.05, 0) is 71.7 Å². The van der Waals surface area contributed by atoms with Crippen LogP contribution < -0.4 is 10.6 Å². The van der Waals surface area contributed by atoms with Crippen molar-refractivity contribution in [1.29, 1.82) is 0 Å². The summed E-state index contributed by atoms with van der Waals surface area (Å²) in [6.07, 6.45) is 3.57. The molecule has 8 rings (SSSR count). The van der Waals surface area contributed by atoms with Crippen molar-refractivity contribution in [2.75, 3.05) is 46.3 Å². The molecule has 0 radical (unpaired) electrons. The van der Waals surface area contributed by atoms with Gasteiger partial charge in [0, 0.05) is 37.4 Å². The number of amides is 4. The van der Waals surface area contributed by atoms with Crippen LogP contribution in [0.3, 0.4) is 0 Å². The topological polar surface area (TPSA) is 184 Å². The van der Waals surface area contributed by atoms with E-state index in [1.54, 1.807) is 16.7 Å². The van der Waals surface area contributed by atoms with Crippen LogP contribution in [0, 0.1) is 11.8 Å².